The predicted octanol–water partition coefficient (Wildman–Crippen LogP) is 2.42. The standard InChI is InChI=1S/C13H15FN4S/c14-11-8-15-7-5-10(11)13-18-17-12(19-13)2-1-6-16-9-3-4-9/h5,7-9,16H,1-4,6H2. The van der Waals surface area contributed by atoms with Gasteiger partial charge in [-0.2, -0.15) is 0 Å². The number of aromatic nitrogens is 3. The lowest BCUT2D eigenvalue weighted by atomic mass is 10.3. The molecular formula is C13H15FN4S. The van der Waals surface area contributed by atoms with Crippen LogP contribution in [0.3, 0.4) is 0 Å². The van der Waals surface area contributed by atoms with Gasteiger partial charge in [-0.25, -0.2) is 4.39 Å². The quantitative estimate of drug-likeness (QED) is 0.825. The Bertz CT molecular complexity index is 553. The van der Waals surface area contributed by atoms with Crippen LogP contribution in [0.5, 0.6) is 0 Å². The molecular weight excluding hydrogens is 263 g/mol. The third-order valence-electron chi connectivity index (χ3n) is 3.05. The molecule has 1 N–H and O–H groups in total. The van der Waals surface area contributed by atoms with Gasteiger partial charge in [0.05, 0.1) is 11.8 Å². The molecule has 0 spiro atoms. The molecule has 0 atom stereocenters. The molecule has 2 aromatic rings. The average Bonchev–Trinajstić information content (AvgIpc) is 3.13. The Morgan fingerprint density at radius 1 is 1.37 bits per heavy atom. The number of nitrogens with one attached hydrogen (secondary N) is 1. The third kappa shape index (κ3) is 3.33. The van der Waals surface area contributed by atoms with Gasteiger partial charge in [0.25, 0.3) is 0 Å². The van der Waals surface area contributed by atoms with Crippen molar-refractivity contribution in [1.82, 2.24) is 20.5 Å². The summed E-state index contributed by atoms with van der Waals surface area (Å²) in [5.74, 6) is -0.347. The van der Waals surface area contributed by atoms with E-state index in [1.54, 1.807) is 12.3 Å². The van der Waals surface area contributed by atoms with Crippen LogP contribution in [0.2, 0.25) is 0 Å². The summed E-state index contributed by atoms with van der Waals surface area (Å²) in [5, 5.41) is 13.2. The smallest absolute Gasteiger partial charge is 0.151 e. The SMILES string of the molecule is Fc1cnccc1-c1nnc(CCCNC2CC2)s1. The first kappa shape index (κ1) is 12.6. The zero-order valence-electron chi connectivity index (χ0n) is 10.5. The molecule has 2 heterocycles. The molecule has 0 aliphatic heterocycles. The van der Waals surface area contributed by atoms with Gasteiger partial charge in [0.15, 0.2) is 10.8 Å². The number of halogens is 1. The van der Waals surface area contributed by atoms with Crippen molar-refractivity contribution in [1.29, 1.82) is 0 Å². The molecule has 4 nitrogen and oxygen atoms in total. The van der Waals surface area contributed by atoms with E-state index in [-0.39, 0.29) is 5.82 Å². The van der Waals surface area contributed by atoms with E-state index >= 15 is 0 Å². The molecule has 0 unspecified atom stereocenters. The predicted molar refractivity (Wildman–Crippen MR) is 72.4 cm³/mol. The topological polar surface area (TPSA) is 50.7 Å². The number of pyridine rings is 1. The van der Waals surface area contributed by atoms with Crippen LogP contribution in [-0.2, 0) is 6.42 Å². The van der Waals surface area contributed by atoms with Crippen LogP contribution in [0.1, 0.15) is 24.3 Å². The number of nitrogens with zero attached hydrogens (tertiary/aromatic N) is 3. The fraction of sp³-hybridized carbons (Fsp3) is 0.462. The van der Waals surface area contributed by atoms with Crippen LogP contribution >= 0.6 is 11.3 Å². The summed E-state index contributed by atoms with van der Waals surface area (Å²) in [6.45, 7) is 1.02. The van der Waals surface area contributed by atoms with Gasteiger partial charge in [-0.3, -0.25) is 4.98 Å². The lowest BCUT2D eigenvalue weighted by Gasteiger charge is -1.99. The fourth-order valence-corrected chi connectivity index (χ4v) is 2.75. The van der Waals surface area contributed by atoms with Crippen molar-refractivity contribution in [2.24, 2.45) is 0 Å². The highest BCUT2D eigenvalue weighted by Crippen LogP contribution is 2.25. The third-order valence-corrected chi connectivity index (χ3v) is 4.06. The van der Waals surface area contributed by atoms with Crippen LogP contribution in [0, 0.1) is 5.82 Å². The molecule has 0 radical (unpaired) electrons. The van der Waals surface area contributed by atoms with Gasteiger partial charge in [0.2, 0.25) is 0 Å². The van der Waals surface area contributed by atoms with Crippen LogP contribution < -0.4 is 5.32 Å². The minimum Gasteiger partial charge on any atom is -0.314 e. The summed E-state index contributed by atoms with van der Waals surface area (Å²) in [6.07, 6.45) is 7.33. The first-order chi connectivity index (χ1) is 9.33. The van der Waals surface area contributed by atoms with E-state index in [1.165, 1.54) is 30.4 Å². The van der Waals surface area contributed by atoms with Crippen molar-refractivity contribution in [2.45, 2.75) is 31.7 Å². The highest BCUT2D eigenvalue weighted by atomic mass is 32.1. The van der Waals surface area contributed by atoms with Gasteiger partial charge in [0.1, 0.15) is 5.01 Å². The maximum Gasteiger partial charge on any atom is 0.151 e. The summed E-state index contributed by atoms with van der Waals surface area (Å²) in [5.41, 5.74) is 0.481. The second-order valence-electron chi connectivity index (χ2n) is 4.69. The van der Waals surface area contributed by atoms with Gasteiger partial charge in [-0.05, 0) is 31.9 Å². The summed E-state index contributed by atoms with van der Waals surface area (Å²) in [7, 11) is 0. The van der Waals surface area contributed by atoms with Crippen molar-refractivity contribution in [3.63, 3.8) is 0 Å². The number of aryl methyl sites for hydroxylation is 1. The molecule has 1 aliphatic rings. The van der Waals surface area contributed by atoms with Crippen LogP contribution in [-0.4, -0.2) is 27.8 Å². The molecule has 1 aliphatic carbocycles. The average molecular weight is 278 g/mol. The second kappa shape index (κ2) is 5.71. The minimum absolute atomic E-state index is 0.347. The molecule has 0 amide bonds. The fourth-order valence-electron chi connectivity index (χ4n) is 1.85. The molecule has 3 rings (SSSR count). The Morgan fingerprint density at radius 2 is 2.26 bits per heavy atom. The lowest BCUT2D eigenvalue weighted by molar-refractivity contribution is 0.624. The van der Waals surface area contributed by atoms with Crippen molar-refractivity contribution in [3.8, 4) is 10.6 Å². The molecule has 0 aromatic carbocycles. The summed E-state index contributed by atoms with van der Waals surface area (Å²) < 4.78 is 13.6. The highest BCUT2D eigenvalue weighted by Gasteiger charge is 2.19. The van der Waals surface area contributed by atoms with E-state index in [0.717, 1.165) is 30.4 Å². The molecule has 19 heavy (non-hydrogen) atoms. The van der Waals surface area contributed by atoms with Crippen molar-refractivity contribution in [3.05, 3.63) is 29.3 Å². The Labute approximate surface area is 115 Å². The minimum atomic E-state index is -0.347. The molecule has 2 aromatic heterocycles. The molecule has 1 fully saturated rings. The van der Waals surface area contributed by atoms with Crippen molar-refractivity contribution < 1.29 is 4.39 Å². The monoisotopic (exact) mass is 278 g/mol. The summed E-state index contributed by atoms with van der Waals surface area (Å²) >= 11 is 1.46. The van der Waals surface area contributed by atoms with Gasteiger partial charge in [-0.15, -0.1) is 10.2 Å². The van der Waals surface area contributed by atoms with Gasteiger partial charge in [-0.1, -0.05) is 11.3 Å². The zero-order chi connectivity index (χ0) is 13.1. The van der Waals surface area contributed by atoms with Gasteiger partial charge in [0, 0.05) is 18.7 Å². The zero-order valence-corrected chi connectivity index (χ0v) is 11.3. The highest BCUT2D eigenvalue weighted by molar-refractivity contribution is 7.14. The Balaban J connectivity index is 1.57. The molecule has 6 heteroatoms. The summed E-state index contributed by atoms with van der Waals surface area (Å²) in [6, 6.07) is 2.38. The maximum atomic E-state index is 13.6. The maximum absolute atomic E-state index is 13.6. The van der Waals surface area contributed by atoms with Crippen LogP contribution in [0.4, 0.5) is 4.39 Å². The van der Waals surface area contributed by atoms with E-state index < -0.39 is 0 Å². The Morgan fingerprint density at radius 3 is 3.05 bits per heavy atom. The van der Waals surface area contributed by atoms with Gasteiger partial charge >= 0.3 is 0 Å². The van der Waals surface area contributed by atoms with E-state index in [1.807, 2.05) is 0 Å². The molecule has 1 saturated carbocycles. The van der Waals surface area contributed by atoms with Crippen LogP contribution in [0.15, 0.2) is 18.5 Å². The number of hydrogen-bond acceptors (Lipinski definition) is 5. The first-order valence-corrected chi connectivity index (χ1v) is 7.30. The van der Waals surface area contributed by atoms with E-state index in [0.29, 0.717) is 10.6 Å². The lowest BCUT2D eigenvalue weighted by Crippen LogP contribution is -2.17. The van der Waals surface area contributed by atoms with E-state index in [2.05, 4.69) is 20.5 Å². The normalized spacial score (nSPS) is 14.8. The second-order valence-corrected chi connectivity index (χ2v) is 5.75. The number of rotatable bonds is 6. The van der Waals surface area contributed by atoms with Crippen LogP contribution in [0.25, 0.3) is 10.6 Å². The van der Waals surface area contributed by atoms with E-state index in [4.69, 9.17) is 0 Å². The Hall–Kier alpha value is -1.40. The largest absolute Gasteiger partial charge is 0.314 e. The first-order valence-electron chi connectivity index (χ1n) is 6.48. The number of hydrogen-bond donors (Lipinski definition) is 1. The van der Waals surface area contributed by atoms with E-state index in [9.17, 15) is 4.39 Å². The van der Waals surface area contributed by atoms with Crippen molar-refractivity contribution in [2.75, 3.05) is 6.54 Å². The van der Waals surface area contributed by atoms with Crippen molar-refractivity contribution >= 4 is 11.3 Å². The molecule has 0 saturated heterocycles. The van der Waals surface area contributed by atoms with Gasteiger partial charge < -0.3 is 5.32 Å². The summed E-state index contributed by atoms with van der Waals surface area (Å²) in [4.78, 5) is 3.73. The Kier molecular flexibility index (Phi) is 3.79. The molecule has 100 valence electrons. The molecule has 0 bridgehead atoms.